The Morgan fingerprint density at radius 3 is 0.619 bits per heavy atom. The Bertz CT molecular complexity index is 177. The van der Waals surface area contributed by atoms with Gasteiger partial charge in [0.25, 0.3) is 17.9 Å². The Hall–Kier alpha value is -0.956. The Balaban J connectivity index is -0.0000000331. The van der Waals surface area contributed by atoms with E-state index in [1.807, 2.05) is 0 Å². The summed E-state index contributed by atoms with van der Waals surface area (Å²) in [5.74, 6) is -2.50. The molecule has 0 rings (SSSR count). The van der Waals surface area contributed by atoms with Gasteiger partial charge in [0.05, 0.1) is 0 Å². The average Bonchev–Trinajstić information content (AvgIpc) is 1.94. The van der Waals surface area contributed by atoms with Gasteiger partial charge < -0.3 is 25.5 Å². The normalized spacial score (nSPS) is 7.00. The van der Waals surface area contributed by atoms with Gasteiger partial charge in [-0.3, -0.25) is 14.4 Å². The third kappa shape index (κ3) is 6060. The molecule has 5 N–H and O–H groups in total. The molecule has 0 aromatic rings. The zero-order valence-corrected chi connectivity index (χ0v) is 15.2. The van der Waals surface area contributed by atoms with E-state index < -0.39 is 17.9 Å². The number of aliphatic carboxylic acids is 3. The summed E-state index contributed by atoms with van der Waals surface area (Å²) in [6.45, 7) is 10.1. The second-order valence-corrected chi connectivity index (χ2v) is 3.74. The van der Waals surface area contributed by atoms with E-state index >= 15 is 0 Å². The van der Waals surface area contributed by atoms with E-state index in [-0.39, 0.29) is 33.9 Å². The molecule has 128 valence electrons. The van der Waals surface area contributed by atoms with Crippen molar-refractivity contribution in [3.8, 4) is 0 Å². The van der Waals surface area contributed by atoms with Gasteiger partial charge in [0.15, 0.2) is 0 Å². The topological polar surface area (TPSA) is 152 Å². The van der Waals surface area contributed by atoms with Crippen LogP contribution in [0.1, 0.15) is 48.5 Å². The number of carbonyl (C=O) groups is 3. The molecule has 0 aromatic carbocycles. The Kier molecular flexibility index (Phi) is 55.2. The fourth-order valence-corrected chi connectivity index (χ4v) is 0. The molecule has 21 heavy (non-hydrogen) atoms. The van der Waals surface area contributed by atoms with Gasteiger partial charge in [-0.1, -0.05) is 0 Å². The van der Waals surface area contributed by atoms with Crippen LogP contribution in [0.5, 0.6) is 0 Å². The van der Waals surface area contributed by atoms with Gasteiger partial charge in [0.2, 0.25) is 0 Å². The van der Waals surface area contributed by atoms with Gasteiger partial charge in [0, 0.05) is 54.7 Å². The standard InChI is InChI=1S/2C3H8O.3C2H4O2.Ti/c2*1-3(2)4;3*1-2(3)4;/h2*3-4H,1-2H3;3*1H3,(H,3,4);. The summed E-state index contributed by atoms with van der Waals surface area (Å²) in [7, 11) is 0. The first-order chi connectivity index (χ1) is 8.66. The minimum Gasteiger partial charge on any atom is -0.481 e. The largest absolute Gasteiger partial charge is 0.481 e. The number of hydrogen-bond acceptors (Lipinski definition) is 5. The van der Waals surface area contributed by atoms with Crippen molar-refractivity contribution in [2.75, 3.05) is 0 Å². The molecule has 0 aliphatic rings. The van der Waals surface area contributed by atoms with E-state index in [1.54, 1.807) is 27.7 Å². The van der Waals surface area contributed by atoms with Crippen molar-refractivity contribution in [3.63, 3.8) is 0 Å². The molecule has 0 aromatic heterocycles. The number of carboxylic acid groups (broad SMARTS) is 3. The van der Waals surface area contributed by atoms with Crippen LogP contribution in [0.25, 0.3) is 0 Å². The van der Waals surface area contributed by atoms with Crippen LogP contribution < -0.4 is 0 Å². The molecule has 9 heteroatoms. The van der Waals surface area contributed by atoms with Crippen LogP contribution >= 0.6 is 0 Å². The molecule has 0 spiro atoms. The SMILES string of the molecule is CC(=O)O.CC(=O)O.CC(=O)O.CC(C)O.CC(C)O.[Ti]. The fraction of sp³-hybridized carbons (Fsp3) is 0.750. The second kappa shape index (κ2) is 31.4. The molecule has 0 aliphatic carbocycles. The molecule has 0 saturated heterocycles. The summed E-state index contributed by atoms with van der Waals surface area (Å²) in [6, 6.07) is 0. The molecule has 0 fully saturated rings. The molecule has 0 bridgehead atoms. The minimum atomic E-state index is -0.833. The van der Waals surface area contributed by atoms with Gasteiger partial charge in [0.1, 0.15) is 0 Å². The van der Waals surface area contributed by atoms with Crippen LogP contribution in [0.3, 0.4) is 0 Å². The van der Waals surface area contributed by atoms with Crippen molar-refractivity contribution in [2.24, 2.45) is 0 Å². The van der Waals surface area contributed by atoms with Crippen molar-refractivity contribution in [1.29, 1.82) is 0 Å². The van der Waals surface area contributed by atoms with Gasteiger partial charge in [-0.25, -0.2) is 0 Å². The number of aliphatic hydroxyl groups is 2. The third-order valence-corrected chi connectivity index (χ3v) is 0. The maximum absolute atomic E-state index is 9.00. The van der Waals surface area contributed by atoms with Gasteiger partial charge in [-0.05, 0) is 27.7 Å². The first-order valence-corrected chi connectivity index (χ1v) is 5.61. The minimum absolute atomic E-state index is 0. The predicted molar refractivity (Wildman–Crippen MR) is 74.6 cm³/mol. The summed E-state index contributed by atoms with van der Waals surface area (Å²) in [4.78, 5) is 27.0. The second-order valence-electron chi connectivity index (χ2n) is 3.74. The molecule has 0 saturated carbocycles. The fourth-order valence-electron chi connectivity index (χ4n) is 0. The summed E-state index contributed by atoms with van der Waals surface area (Å²) in [5, 5.41) is 38.4. The smallest absolute Gasteiger partial charge is 0.300 e. The molecular formula is C12H28O8Ti. The number of rotatable bonds is 0. The molecule has 0 unspecified atom stereocenters. The van der Waals surface area contributed by atoms with E-state index in [1.165, 1.54) is 0 Å². The quantitative estimate of drug-likeness (QED) is 0.407. The molecule has 0 aliphatic heterocycles. The van der Waals surface area contributed by atoms with Crippen LogP contribution in [0.2, 0.25) is 0 Å². The molecule has 8 nitrogen and oxygen atoms in total. The van der Waals surface area contributed by atoms with Crippen molar-refractivity contribution in [1.82, 2.24) is 0 Å². The number of carboxylic acids is 3. The van der Waals surface area contributed by atoms with E-state index in [4.69, 9.17) is 39.9 Å². The molecular weight excluding hydrogens is 320 g/mol. The molecule has 0 radical (unpaired) electrons. The Morgan fingerprint density at radius 2 is 0.619 bits per heavy atom. The van der Waals surface area contributed by atoms with E-state index in [9.17, 15) is 0 Å². The molecule has 0 atom stereocenters. The summed E-state index contributed by atoms with van der Waals surface area (Å²) < 4.78 is 0. The van der Waals surface area contributed by atoms with Crippen LogP contribution in [-0.2, 0) is 36.1 Å². The van der Waals surface area contributed by atoms with Gasteiger partial charge >= 0.3 is 0 Å². The van der Waals surface area contributed by atoms with Crippen LogP contribution in [0.4, 0.5) is 0 Å². The van der Waals surface area contributed by atoms with Crippen molar-refractivity contribution >= 4 is 17.9 Å². The summed E-state index contributed by atoms with van der Waals surface area (Å²) in [5.41, 5.74) is 0. The van der Waals surface area contributed by atoms with Crippen LogP contribution in [0.15, 0.2) is 0 Å². The predicted octanol–water partition coefficient (Wildman–Crippen LogP) is 1.04. The summed E-state index contributed by atoms with van der Waals surface area (Å²) >= 11 is 0. The third-order valence-electron chi connectivity index (χ3n) is 0. The molecule has 0 heterocycles. The zero-order valence-electron chi connectivity index (χ0n) is 13.6. The van der Waals surface area contributed by atoms with E-state index in [0.29, 0.717) is 0 Å². The van der Waals surface area contributed by atoms with E-state index in [0.717, 1.165) is 20.8 Å². The van der Waals surface area contributed by atoms with Crippen LogP contribution in [0, 0.1) is 0 Å². The maximum atomic E-state index is 9.00. The number of hydrogen-bond donors (Lipinski definition) is 5. The zero-order chi connectivity index (χ0) is 17.9. The van der Waals surface area contributed by atoms with E-state index in [2.05, 4.69) is 0 Å². The Labute approximate surface area is 140 Å². The maximum Gasteiger partial charge on any atom is 0.300 e. The monoisotopic (exact) mass is 348 g/mol. The Morgan fingerprint density at radius 1 is 0.619 bits per heavy atom. The van der Waals surface area contributed by atoms with Crippen molar-refractivity contribution in [2.45, 2.75) is 60.7 Å². The van der Waals surface area contributed by atoms with Gasteiger partial charge in [-0.15, -0.1) is 0 Å². The molecule has 0 amide bonds. The van der Waals surface area contributed by atoms with Gasteiger partial charge in [-0.2, -0.15) is 0 Å². The first kappa shape index (κ1) is 36.9. The van der Waals surface area contributed by atoms with Crippen molar-refractivity contribution < 1.29 is 61.6 Å². The first-order valence-electron chi connectivity index (χ1n) is 5.61. The summed E-state index contributed by atoms with van der Waals surface area (Å²) in [6.07, 6.45) is -0.333. The van der Waals surface area contributed by atoms with Crippen molar-refractivity contribution in [3.05, 3.63) is 0 Å². The average molecular weight is 348 g/mol. The number of aliphatic hydroxyl groups excluding tert-OH is 2. The van der Waals surface area contributed by atoms with Crippen LogP contribution in [-0.4, -0.2) is 55.6 Å².